The molecule has 0 saturated carbocycles. The number of halogens is 1. The highest BCUT2D eigenvalue weighted by Gasteiger charge is 2.16. The fraction of sp³-hybridized carbons (Fsp3) is 0.524. The van der Waals surface area contributed by atoms with Gasteiger partial charge in [-0.25, -0.2) is 4.68 Å². The van der Waals surface area contributed by atoms with Gasteiger partial charge in [0.25, 0.3) is 11.8 Å². The number of ether oxygens (including phenoxy) is 1. The molecule has 2 rings (SSSR count). The van der Waals surface area contributed by atoms with Crippen LogP contribution in [0.5, 0.6) is 5.75 Å². The first kappa shape index (κ1) is 24.3. The Morgan fingerprint density at radius 3 is 2.68 bits per heavy atom. The predicted molar refractivity (Wildman–Crippen MR) is 113 cm³/mol. The summed E-state index contributed by atoms with van der Waals surface area (Å²) in [4.78, 5) is 24.3. The standard InChI is InChI=1S/C21H30FN5O4/c1-2-23-20(29)16-8-9-18(19(14-16)31-13-6-4-3-5-10-22)27-15-17(25-26-27)21(30)24-11-7-12-28/h8-9,14-15,28H,2-7,10-13H2,1H3,(H,23,29)(H,24,30). The average molecular weight is 436 g/mol. The summed E-state index contributed by atoms with van der Waals surface area (Å²) in [5.74, 6) is -0.176. The van der Waals surface area contributed by atoms with Crippen molar-refractivity contribution in [2.24, 2.45) is 0 Å². The van der Waals surface area contributed by atoms with Crippen LogP contribution in [0.15, 0.2) is 24.4 Å². The lowest BCUT2D eigenvalue weighted by atomic mass is 10.1. The summed E-state index contributed by atoms with van der Waals surface area (Å²) in [6, 6.07) is 4.97. The van der Waals surface area contributed by atoms with Gasteiger partial charge in [0.05, 0.1) is 19.5 Å². The Morgan fingerprint density at radius 1 is 1.13 bits per heavy atom. The molecule has 0 fully saturated rings. The summed E-state index contributed by atoms with van der Waals surface area (Å²) in [6.07, 6.45) is 4.86. The average Bonchev–Trinajstić information content (AvgIpc) is 3.26. The number of hydrogen-bond donors (Lipinski definition) is 3. The van der Waals surface area contributed by atoms with Crippen LogP contribution < -0.4 is 15.4 Å². The normalized spacial score (nSPS) is 10.7. The second-order valence-electron chi connectivity index (χ2n) is 6.88. The number of aliphatic hydroxyl groups is 1. The van der Waals surface area contributed by atoms with Crippen molar-refractivity contribution in [3.05, 3.63) is 35.7 Å². The molecule has 0 radical (unpaired) electrons. The third-order valence-corrected chi connectivity index (χ3v) is 4.44. The van der Waals surface area contributed by atoms with Crippen molar-refractivity contribution < 1.29 is 23.8 Å². The highest BCUT2D eigenvalue weighted by atomic mass is 19.1. The van der Waals surface area contributed by atoms with Crippen molar-refractivity contribution >= 4 is 11.8 Å². The molecule has 1 aromatic heterocycles. The first-order chi connectivity index (χ1) is 15.1. The number of nitrogens with one attached hydrogen (secondary N) is 2. The van der Waals surface area contributed by atoms with Gasteiger partial charge >= 0.3 is 0 Å². The van der Waals surface area contributed by atoms with Crippen molar-refractivity contribution in [1.29, 1.82) is 0 Å². The fourth-order valence-corrected chi connectivity index (χ4v) is 2.81. The molecule has 0 aliphatic heterocycles. The summed E-state index contributed by atoms with van der Waals surface area (Å²) < 4.78 is 19.5. The van der Waals surface area contributed by atoms with E-state index in [9.17, 15) is 14.0 Å². The van der Waals surface area contributed by atoms with Crippen molar-refractivity contribution in [2.75, 3.05) is 33.0 Å². The first-order valence-corrected chi connectivity index (χ1v) is 10.5. The van der Waals surface area contributed by atoms with E-state index in [0.717, 1.165) is 19.3 Å². The van der Waals surface area contributed by atoms with Gasteiger partial charge in [-0.3, -0.25) is 14.0 Å². The summed E-state index contributed by atoms with van der Waals surface area (Å²) in [6.45, 7) is 2.75. The number of unbranched alkanes of at least 4 members (excludes halogenated alkanes) is 3. The van der Waals surface area contributed by atoms with Crippen LogP contribution in [0, 0.1) is 0 Å². The Morgan fingerprint density at radius 2 is 1.94 bits per heavy atom. The molecular weight excluding hydrogens is 405 g/mol. The van der Waals surface area contributed by atoms with Crippen LogP contribution in [0.3, 0.4) is 0 Å². The molecule has 3 N–H and O–H groups in total. The molecule has 0 saturated heterocycles. The Balaban J connectivity index is 2.16. The van der Waals surface area contributed by atoms with E-state index in [2.05, 4.69) is 20.9 Å². The van der Waals surface area contributed by atoms with Crippen LogP contribution in [0.25, 0.3) is 5.69 Å². The van der Waals surface area contributed by atoms with Gasteiger partial charge in [0.15, 0.2) is 5.69 Å². The lowest BCUT2D eigenvalue weighted by Crippen LogP contribution is -2.25. The van der Waals surface area contributed by atoms with E-state index in [-0.39, 0.29) is 24.9 Å². The number of nitrogens with zero attached hydrogens (tertiary/aromatic N) is 3. The van der Waals surface area contributed by atoms with Gasteiger partial charge in [0, 0.05) is 25.3 Å². The Bertz CT molecular complexity index is 843. The highest BCUT2D eigenvalue weighted by Crippen LogP contribution is 2.25. The summed E-state index contributed by atoms with van der Waals surface area (Å²) in [7, 11) is 0. The van der Waals surface area contributed by atoms with Crippen molar-refractivity contribution in [3.63, 3.8) is 0 Å². The van der Waals surface area contributed by atoms with E-state index >= 15 is 0 Å². The number of rotatable bonds is 14. The SMILES string of the molecule is CCNC(=O)c1ccc(-n2cc(C(=O)NCCCO)nn2)c(OCCCCCCF)c1. The molecule has 0 bridgehead atoms. The van der Waals surface area contributed by atoms with Crippen molar-refractivity contribution in [1.82, 2.24) is 25.6 Å². The molecule has 0 aliphatic carbocycles. The van der Waals surface area contributed by atoms with Crippen LogP contribution in [0.4, 0.5) is 4.39 Å². The molecule has 0 atom stereocenters. The third kappa shape index (κ3) is 7.63. The molecule has 9 nitrogen and oxygen atoms in total. The first-order valence-electron chi connectivity index (χ1n) is 10.5. The number of alkyl halides is 1. The van der Waals surface area contributed by atoms with Crippen LogP contribution in [-0.2, 0) is 0 Å². The van der Waals surface area contributed by atoms with Gasteiger partial charge in [0.1, 0.15) is 11.4 Å². The van der Waals surface area contributed by atoms with Gasteiger partial charge in [-0.05, 0) is 50.8 Å². The molecule has 1 aromatic carbocycles. The summed E-state index contributed by atoms with van der Waals surface area (Å²) in [5, 5.41) is 22.1. The summed E-state index contributed by atoms with van der Waals surface area (Å²) in [5.41, 5.74) is 1.11. The number of carbonyl (C=O) groups is 2. The fourth-order valence-electron chi connectivity index (χ4n) is 2.81. The predicted octanol–water partition coefficient (Wildman–Crippen LogP) is 2.04. The number of aromatic nitrogens is 3. The molecule has 0 unspecified atom stereocenters. The van der Waals surface area contributed by atoms with Crippen LogP contribution in [0.2, 0.25) is 0 Å². The molecule has 2 amide bonds. The second-order valence-corrected chi connectivity index (χ2v) is 6.88. The zero-order valence-corrected chi connectivity index (χ0v) is 17.8. The quantitative estimate of drug-likeness (QED) is 0.391. The zero-order chi connectivity index (χ0) is 22.5. The number of amides is 2. The van der Waals surface area contributed by atoms with Crippen LogP contribution in [-0.4, -0.2) is 64.9 Å². The highest BCUT2D eigenvalue weighted by molar-refractivity contribution is 5.95. The van der Waals surface area contributed by atoms with E-state index in [4.69, 9.17) is 9.84 Å². The number of carbonyl (C=O) groups excluding carboxylic acids is 2. The Labute approximate surface area is 181 Å². The lowest BCUT2D eigenvalue weighted by Gasteiger charge is -2.13. The molecule has 0 aliphatic rings. The van der Waals surface area contributed by atoms with E-state index in [1.807, 2.05) is 6.92 Å². The molecule has 0 spiro atoms. The number of benzene rings is 1. The van der Waals surface area contributed by atoms with E-state index in [0.29, 0.717) is 49.5 Å². The van der Waals surface area contributed by atoms with Gasteiger partial charge in [-0.1, -0.05) is 11.6 Å². The maximum Gasteiger partial charge on any atom is 0.273 e. The molecule has 1 heterocycles. The maximum atomic E-state index is 12.2. The maximum absolute atomic E-state index is 12.2. The lowest BCUT2D eigenvalue weighted by molar-refractivity contribution is 0.0941. The Hall–Kier alpha value is -3.01. The van der Waals surface area contributed by atoms with Crippen LogP contribution >= 0.6 is 0 Å². The minimum absolute atomic E-state index is 0.0145. The van der Waals surface area contributed by atoms with Crippen molar-refractivity contribution in [3.8, 4) is 11.4 Å². The summed E-state index contributed by atoms with van der Waals surface area (Å²) >= 11 is 0. The van der Waals surface area contributed by atoms with Gasteiger partial charge in [-0.2, -0.15) is 0 Å². The van der Waals surface area contributed by atoms with Gasteiger partial charge < -0.3 is 20.5 Å². The topological polar surface area (TPSA) is 118 Å². The van der Waals surface area contributed by atoms with E-state index in [1.165, 1.54) is 10.9 Å². The number of aliphatic hydroxyl groups excluding tert-OH is 1. The third-order valence-electron chi connectivity index (χ3n) is 4.44. The van der Waals surface area contributed by atoms with Gasteiger partial charge in [0.2, 0.25) is 0 Å². The molecule has 2 aromatic rings. The van der Waals surface area contributed by atoms with E-state index in [1.54, 1.807) is 18.2 Å². The molecule has 170 valence electrons. The largest absolute Gasteiger partial charge is 0.491 e. The minimum Gasteiger partial charge on any atom is -0.491 e. The molecule has 10 heteroatoms. The second kappa shape index (κ2) is 13.3. The zero-order valence-electron chi connectivity index (χ0n) is 17.8. The van der Waals surface area contributed by atoms with Gasteiger partial charge in [-0.15, -0.1) is 5.10 Å². The monoisotopic (exact) mass is 435 g/mol. The molecule has 31 heavy (non-hydrogen) atoms. The molecular formula is C21H30FN5O4. The van der Waals surface area contributed by atoms with Crippen LogP contribution in [0.1, 0.15) is 59.9 Å². The van der Waals surface area contributed by atoms with Crippen molar-refractivity contribution in [2.45, 2.75) is 39.0 Å². The number of hydrogen-bond acceptors (Lipinski definition) is 6. The smallest absolute Gasteiger partial charge is 0.273 e. The van der Waals surface area contributed by atoms with E-state index < -0.39 is 5.91 Å². The Kier molecular flexibility index (Phi) is 10.4. The minimum atomic E-state index is -0.394.